The molecule has 5 rings (SSSR count). The van der Waals surface area contributed by atoms with Crippen LogP contribution in [0.1, 0.15) is 18.1 Å². The number of nitrogens with one attached hydrogen (secondary N) is 1. The summed E-state index contributed by atoms with van der Waals surface area (Å²) in [7, 11) is 0. The minimum Gasteiger partial charge on any atom is -0.490 e. The lowest BCUT2D eigenvalue weighted by Gasteiger charge is -2.14. The van der Waals surface area contributed by atoms with Crippen LogP contribution in [0.15, 0.2) is 77.7 Å². The molecule has 1 aliphatic heterocycles. The first-order chi connectivity index (χ1) is 20.2. The van der Waals surface area contributed by atoms with Crippen molar-refractivity contribution >= 4 is 51.4 Å². The molecule has 0 atom stereocenters. The highest BCUT2D eigenvalue weighted by Gasteiger charge is 2.36. The summed E-state index contributed by atoms with van der Waals surface area (Å²) < 4.78 is 52.3. The van der Waals surface area contributed by atoms with Crippen molar-refractivity contribution in [2.45, 2.75) is 13.5 Å². The SMILES string of the molecule is CCOc1cc(/C=C2/SC(=O)N(CC(=O)Nc3ccc(F)c(F)c3F)C2=O)ccc1OCc1ccc2ccccc2c1. The third-order valence-electron chi connectivity index (χ3n) is 6.26. The van der Waals surface area contributed by atoms with Crippen LogP contribution in [0.5, 0.6) is 11.5 Å². The first-order valence-corrected chi connectivity index (χ1v) is 13.6. The minimum absolute atomic E-state index is 0.0547. The van der Waals surface area contributed by atoms with Gasteiger partial charge in [0.05, 0.1) is 17.2 Å². The van der Waals surface area contributed by atoms with Gasteiger partial charge in [-0.05, 0) is 77.0 Å². The molecule has 1 saturated heterocycles. The normalized spacial score (nSPS) is 14.1. The van der Waals surface area contributed by atoms with Gasteiger partial charge in [-0.1, -0.05) is 42.5 Å². The van der Waals surface area contributed by atoms with E-state index in [-0.39, 0.29) is 4.91 Å². The van der Waals surface area contributed by atoms with E-state index in [4.69, 9.17) is 9.47 Å². The van der Waals surface area contributed by atoms with E-state index in [2.05, 4.69) is 6.07 Å². The van der Waals surface area contributed by atoms with E-state index in [0.29, 0.717) is 53.0 Å². The summed E-state index contributed by atoms with van der Waals surface area (Å²) in [5.74, 6) is -5.52. The topological polar surface area (TPSA) is 84.9 Å². The molecule has 42 heavy (non-hydrogen) atoms. The summed E-state index contributed by atoms with van der Waals surface area (Å²) in [5.41, 5.74) is 0.911. The minimum atomic E-state index is -1.75. The number of thioether (sulfide) groups is 1. The molecule has 1 heterocycles. The molecule has 1 aliphatic rings. The molecule has 7 nitrogen and oxygen atoms in total. The van der Waals surface area contributed by atoms with Crippen molar-refractivity contribution in [1.82, 2.24) is 4.90 Å². The first-order valence-electron chi connectivity index (χ1n) is 12.8. The van der Waals surface area contributed by atoms with Crippen LogP contribution in [-0.2, 0) is 16.2 Å². The van der Waals surface area contributed by atoms with Crippen molar-refractivity contribution in [1.29, 1.82) is 0 Å². The highest BCUT2D eigenvalue weighted by atomic mass is 32.2. The molecular formula is C31H23F3N2O5S. The molecule has 4 aromatic rings. The molecule has 0 spiro atoms. The Labute approximate surface area is 242 Å². The van der Waals surface area contributed by atoms with Crippen LogP contribution >= 0.6 is 11.8 Å². The molecule has 4 aromatic carbocycles. The van der Waals surface area contributed by atoms with Gasteiger partial charge in [0, 0.05) is 0 Å². The number of halogens is 3. The quantitative estimate of drug-likeness (QED) is 0.168. The van der Waals surface area contributed by atoms with Gasteiger partial charge in [0.2, 0.25) is 5.91 Å². The van der Waals surface area contributed by atoms with Crippen LogP contribution in [0, 0.1) is 17.5 Å². The Hall–Kier alpha value is -4.77. The zero-order valence-electron chi connectivity index (χ0n) is 22.2. The van der Waals surface area contributed by atoms with Crippen molar-refractivity contribution in [3.05, 3.63) is 106 Å². The van der Waals surface area contributed by atoms with Gasteiger partial charge in [-0.15, -0.1) is 0 Å². The number of fused-ring (bicyclic) bond motifs is 1. The van der Waals surface area contributed by atoms with Gasteiger partial charge < -0.3 is 14.8 Å². The molecule has 0 radical (unpaired) electrons. The third-order valence-corrected chi connectivity index (χ3v) is 7.17. The maximum atomic E-state index is 13.9. The van der Waals surface area contributed by atoms with E-state index in [1.54, 1.807) is 18.2 Å². The lowest BCUT2D eigenvalue weighted by atomic mass is 10.1. The second kappa shape index (κ2) is 12.4. The van der Waals surface area contributed by atoms with E-state index >= 15 is 0 Å². The molecule has 0 saturated carbocycles. The molecule has 0 bridgehead atoms. The summed E-state index contributed by atoms with van der Waals surface area (Å²) in [6.07, 6.45) is 1.48. The fraction of sp³-hybridized carbons (Fsp3) is 0.129. The molecular weight excluding hydrogens is 569 g/mol. The number of hydrogen-bond acceptors (Lipinski definition) is 6. The zero-order valence-corrected chi connectivity index (χ0v) is 23.0. The van der Waals surface area contributed by atoms with E-state index < -0.39 is 46.7 Å². The molecule has 0 aromatic heterocycles. The maximum absolute atomic E-state index is 13.9. The van der Waals surface area contributed by atoms with Gasteiger partial charge in [-0.3, -0.25) is 19.3 Å². The predicted octanol–water partition coefficient (Wildman–Crippen LogP) is 6.91. The Morgan fingerprint density at radius 3 is 2.48 bits per heavy atom. The van der Waals surface area contributed by atoms with E-state index in [1.165, 1.54) is 6.08 Å². The number of carbonyl (C=O) groups is 3. The molecule has 0 aliphatic carbocycles. The Morgan fingerprint density at radius 1 is 0.905 bits per heavy atom. The van der Waals surface area contributed by atoms with Gasteiger partial charge in [-0.2, -0.15) is 0 Å². The van der Waals surface area contributed by atoms with Crippen LogP contribution in [0.3, 0.4) is 0 Å². The highest BCUT2D eigenvalue weighted by molar-refractivity contribution is 8.18. The Bertz CT molecular complexity index is 1740. The Kier molecular flexibility index (Phi) is 8.48. The largest absolute Gasteiger partial charge is 0.490 e. The number of carbonyl (C=O) groups excluding carboxylic acids is 3. The highest BCUT2D eigenvalue weighted by Crippen LogP contribution is 2.35. The predicted molar refractivity (Wildman–Crippen MR) is 154 cm³/mol. The smallest absolute Gasteiger partial charge is 0.294 e. The fourth-order valence-corrected chi connectivity index (χ4v) is 5.07. The van der Waals surface area contributed by atoms with Crippen LogP contribution in [-0.4, -0.2) is 35.1 Å². The van der Waals surface area contributed by atoms with E-state index in [1.807, 2.05) is 48.6 Å². The van der Waals surface area contributed by atoms with Crippen molar-refractivity contribution < 1.29 is 37.0 Å². The lowest BCUT2D eigenvalue weighted by molar-refractivity contribution is -0.127. The molecule has 1 N–H and O–H groups in total. The number of hydrogen-bond donors (Lipinski definition) is 1. The summed E-state index contributed by atoms with van der Waals surface area (Å²) in [6, 6.07) is 20.6. The monoisotopic (exact) mass is 592 g/mol. The number of benzene rings is 4. The second-order valence-corrected chi connectivity index (χ2v) is 10.1. The van der Waals surface area contributed by atoms with Crippen LogP contribution in [0.25, 0.3) is 16.8 Å². The molecule has 0 unspecified atom stereocenters. The average molecular weight is 593 g/mol. The first kappa shape index (κ1) is 28.7. The second-order valence-electron chi connectivity index (χ2n) is 9.15. The van der Waals surface area contributed by atoms with Gasteiger partial charge >= 0.3 is 0 Å². The summed E-state index contributed by atoms with van der Waals surface area (Å²) >= 11 is 0.627. The number of ether oxygens (including phenoxy) is 2. The van der Waals surface area contributed by atoms with Crippen molar-refractivity contribution in [3.63, 3.8) is 0 Å². The Balaban J connectivity index is 1.27. The summed E-state index contributed by atoms with van der Waals surface area (Å²) in [4.78, 5) is 38.5. The fourth-order valence-electron chi connectivity index (χ4n) is 4.24. The molecule has 1 fully saturated rings. The standard InChI is InChI=1S/C31H23F3N2O5S/c1-2-40-25-14-18(8-12-24(25)41-17-19-7-9-20-5-3-4-6-21(20)13-19)15-26-30(38)36(31(39)42-26)16-27(37)35-23-11-10-22(32)28(33)29(23)34/h3-15H,2,16-17H2,1H3,(H,35,37)/b26-15+. The number of rotatable bonds is 9. The summed E-state index contributed by atoms with van der Waals surface area (Å²) in [6.45, 7) is 1.74. The third kappa shape index (κ3) is 6.26. The summed E-state index contributed by atoms with van der Waals surface area (Å²) in [5, 5.41) is 3.56. The van der Waals surface area contributed by atoms with Gasteiger partial charge in [0.15, 0.2) is 29.0 Å². The van der Waals surface area contributed by atoms with Gasteiger partial charge in [-0.25, -0.2) is 13.2 Å². The van der Waals surface area contributed by atoms with Crippen LogP contribution in [0.4, 0.5) is 23.7 Å². The molecule has 214 valence electrons. The van der Waals surface area contributed by atoms with Crippen molar-refractivity contribution in [2.24, 2.45) is 0 Å². The van der Waals surface area contributed by atoms with Gasteiger partial charge in [0.1, 0.15) is 13.2 Å². The molecule has 11 heteroatoms. The lowest BCUT2D eigenvalue weighted by Crippen LogP contribution is -2.36. The Morgan fingerprint density at radius 2 is 1.69 bits per heavy atom. The van der Waals surface area contributed by atoms with Crippen LogP contribution < -0.4 is 14.8 Å². The number of anilines is 1. The van der Waals surface area contributed by atoms with Gasteiger partial charge in [0.25, 0.3) is 11.1 Å². The van der Waals surface area contributed by atoms with Crippen molar-refractivity contribution in [3.8, 4) is 11.5 Å². The number of amides is 3. The number of nitrogens with zero attached hydrogens (tertiary/aromatic N) is 1. The molecule has 3 amide bonds. The van der Waals surface area contributed by atoms with Crippen LogP contribution in [0.2, 0.25) is 0 Å². The van der Waals surface area contributed by atoms with Crippen molar-refractivity contribution in [2.75, 3.05) is 18.5 Å². The van der Waals surface area contributed by atoms with E-state index in [9.17, 15) is 27.6 Å². The van der Waals surface area contributed by atoms with E-state index in [0.717, 1.165) is 22.4 Å². The zero-order chi connectivity index (χ0) is 29.8. The number of imide groups is 1. The average Bonchev–Trinajstić information content (AvgIpc) is 3.24. The maximum Gasteiger partial charge on any atom is 0.294 e.